The van der Waals surface area contributed by atoms with E-state index in [9.17, 15) is 31.2 Å². The van der Waals surface area contributed by atoms with Crippen LogP contribution in [0.3, 0.4) is 0 Å². The van der Waals surface area contributed by atoms with Gasteiger partial charge in [-0.25, -0.2) is 23.1 Å². The number of nitrogens with zero attached hydrogens (tertiary/aromatic N) is 2. The van der Waals surface area contributed by atoms with Gasteiger partial charge in [0.2, 0.25) is 0 Å². The minimum Gasteiger partial charge on any atom is -0.475 e. The molecule has 4 rings (SSSR count). The minimum absolute atomic E-state index is 0.0263. The van der Waals surface area contributed by atoms with Crippen LogP contribution >= 0.6 is 11.6 Å². The molecule has 0 saturated heterocycles. The number of carbonyl (C=O) groups excluding carboxylic acids is 2. The lowest BCUT2D eigenvalue weighted by atomic mass is 10.1. The summed E-state index contributed by atoms with van der Waals surface area (Å²) in [6, 6.07) is 14.7. The van der Waals surface area contributed by atoms with Crippen LogP contribution in [0.25, 0.3) is 0 Å². The first-order valence-corrected chi connectivity index (χ1v) is 11.2. The number of anilines is 2. The normalized spacial score (nSPS) is 13.1. The SMILES string of the molecule is O=C(O)C(F)(F)F.O=C1c2ccc(Cl)cc2C(=O)N1c1ccc(S(=O)(=O)Nc2ccccn2)cc1. The van der Waals surface area contributed by atoms with Gasteiger partial charge in [-0.05, 0) is 54.6 Å². The van der Waals surface area contributed by atoms with E-state index in [4.69, 9.17) is 21.5 Å². The molecule has 0 bridgehead atoms. The number of aromatic nitrogens is 1. The lowest BCUT2D eigenvalue weighted by Crippen LogP contribution is -2.29. The number of nitrogens with one attached hydrogen (secondary N) is 1. The van der Waals surface area contributed by atoms with Crippen molar-refractivity contribution in [1.29, 1.82) is 0 Å². The molecule has 0 aliphatic carbocycles. The molecule has 2 heterocycles. The summed E-state index contributed by atoms with van der Waals surface area (Å²) < 4.78 is 59.0. The van der Waals surface area contributed by atoms with E-state index in [0.717, 1.165) is 4.90 Å². The minimum atomic E-state index is -5.08. The molecule has 182 valence electrons. The number of carbonyl (C=O) groups is 3. The van der Waals surface area contributed by atoms with Crippen molar-refractivity contribution in [3.05, 3.63) is 83.0 Å². The second kappa shape index (κ2) is 9.72. The monoisotopic (exact) mass is 527 g/mol. The molecule has 2 amide bonds. The molecule has 1 aliphatic rings. The molecule has 0 unspecified atom stereocenters. The van der Waals surface area contributed by atoms with Gasteiger partial charge in [0.15, 0.2) is 0 Å². The Kier molecular flexibility index (Phi) is 7.12. The predicted molar refractivity (Wildman–Crippen MR) is 118 cm³/mol. The highest BCUT2D eigenvalue weighted by Crippen LogP contribution is 2.30. The fourth-order valence-corrected chi connectivity index (χ4v) is 4.02. The van der Waals surface area contributed by atoms with Crippen LogP contribution in [0.1, 0.15) is 20.7 Å². The summed E-state index contributed by atoms with van der Waals surface area (Å²) in [6.07, 6.45) is -3.62. The second-order valence-electron chi connectivity index (χ2n) is 6.75. The van der Waals surface area contributed by atoms with Crippen LogP contribution < -0.4 is 9.62 Å². The van der Waals surface area contributed by atoms with Crippen LogP contribution in [0.5, 0.6) is 0 Å². The summed E-state index contributed by atoms with van der Waals surface area (Å²) in [5.41, 5.74) is 0.730. The number of benzene rings is 2. The summed E-state index contributed by atoms with van der Waals surface area (Å²) >= 11 is 5.91. The topological polar surface area (TPSA) is 134 Å². The number of carboxylic acids is 1. The fourth-order valence-electron chi connectivity index (χ4n) is 2.84. The Morgan fingerprint density at radius 2 is 1.57 bits per heavy atom. The third kappa shape index (κ3) is 5.75. The van der Waals surface area contributed by atoms with Crippen LogP contribution in [0, 0.1) is 0 Å². The second-order valence-corrected chi connectivity index (χ2v) is 8.87. The highest BCUT2D eigenvalue weighted by atomic mass is 35.5. The zero-order chi connectivity index (χ0) is 26.0. The Morgan fingerprint density at radius 1 is 0.971 bits per heavy atom. The quantitative estimate of drug-likeness (QED) is 0.490. The van der Waals surface area contributed by atoms with Gasteiger partial charge in [0.25, 0.3) is 21.8 Å². The van der Waals surface area contributed by atoms with Gasteiger partial charge in [0.05, 0.1) is 21.7 Å². The van der Waals surface area contributed by atoms with Gasteiger partial charge in [-0.2, -0.15) is 13.2 Å². The smallest absolute Gasteiger partial charge is 0.475 e. The van der Waals surface area contributed by atoms with Gasteiger partial charge >= 0.3 is 12.1 Å². The van der Waals surface area contributed by atoms with E-state index in [1.165, 1.54) is 54.7 Å². The largest absolute Gasteiger partial charge is 0.490 e. The zero-order valence-corrected chi connectivity index (χ0v) is 18.7. The van der Waals surface area contributed by atoms with E-state index in [1.54, 1.807) is 12.1 Å². The van der Waals surface area contributed by atoms with Crippen molar-refractivity contribution < 1.29 is 41.1 Å². The molecular weight excluding hydrogens is 515 g/mol. The number of aliphatic carboxylic acids is 1. The lowest BCUT2D eigenvalue weighted by Gasteiger charge is -2.14. The molecule has 0 saturated carbocycles. The molecule has 2 N–H and O–H groups in total. The van der Waals surface area contributed by atoms with E-state index < -0.39 is 34.0 Å². The Labute approximate surface area is 200 Å². The molecule has 1 aromatic heterocycles. The molecule has 0 spiro atoms. The molecule has 1 aliphatic heterocycles. The Balaban J connectivity index is 0.000000429. The molecule has 3 aromatic rings. The van der Waals surface area contributed by atoms with Crippen LogP contribution in [0.15, 0.2) is 71.8 Å². The maximum atomic E-state index is 12.6. The van der Waals surface area contributed by atoms with Crippen molar-refractivity contribution >= 4 is 50.9 Å². The van der Waals surface area contributed by atoms with E-state index in [0.29, 0.717) is 5.02 Å². The lowest BCUT2D eigenvalue weighted by molar-refractivity contribution is -0.192. The first-order chi connectivity index (χ1) is 16.3. The number of carboxylic acid groups (broad SMARTS) is 1. The van der Waals surface area contributed by atoms with Crippen molar-refractivity contribution in [3.8, 4) is 0 Å². The maximum Gasteiger partial charge on any atom is 0.490 e. The first kappa shape index (κ1) is 25.6. The van der Waals surface area contributed by atoms with Crippen molar-refractivity contribution in [2.45, 2.75) is 11.1 Å². The highest BCUT2D eigenvalue weighted by Gasteiger charge is 2.38. The number of hydrogen-bond acceptors (Lipinski definition) is 6. The molecule has 14 heteroatoms. The molecule has 2 aromatic carbocycles. The van der Waals surface area contributed by atoms with Crippen molar-refractivity contribution in [2.24, 2.45) is 0 Å². The summed E-state index contributed by atoms with van der Waals surface area (Å²) in [7, 11) is -3.86. The maximum absolute atomic E-state index is 12.6. The standard InChI is InChI=1S/C19H12ClN3O4S.C2HF3O2/c20-12-4-9-15-16(11-12)19(25)23(18(15)24)13-5-7-14(8-6-13)28(26,27)22-17-3-1-2-10-21-17;3-2(4,5)1(6)7/h1-11H,(H,21,22);(H,6,7). The van der Waals surface area contributed by atoms with Crippen LogP contribution in [-0.2, 0) is 14.8 Å². The van der Waals surface area contributed by atoms with Gasteiger partial charge in [0, 0.05) is 11.2 Å². The average molecular weight is 528 g/mol. The van der Waals surface area contributed by atoms with Gasteiger partial charge in [0.1, 0.15) is 5.82 Å². The molecule has 0 radical (unpaired) electrons. The number of alkyl halides is 3. The number of halogens is 4. The zero-order valence-electron chi connectivity index (χ0n) is 17.2. The number of pyridine rings is 1. The fraction of sp³-hybridized carbons (Fsp3) is 0.0476. The number of sulfonamides is 1. The Morgan fingerprint density at radius 3 is 2.11 bits per heavy atom. The predicted octanol–water partition coefficient (Wildman–Crippen LogP) is 3.97. The Bertz CT molecular complexity index is 1400. The third-order valence-corrected chi connectivity index (χ3v) is 6.01. The highest BCUT2D eigenvalue weighted by molar-refractivity contribution is 7.92. The molecule has 0 atom stereocenters. The van der Waals surface area contributed by atoms with E-state index >= 15 is 0 Å². The summed E-state index contributed by atoms with van der Waals surface area (Å²) in [4.78, 5) is 38.9. The van der Waals surface area contributed by atoms with E-state index in [2.05, 4.69) is 9.71 Å². The Hall–Kier alpha value is -3.97. The number of imide groups is 1. The van der Waals surface area contributed by atoms with Crippen LogP contribution in [-0.4, -0.2) is 42.5 Å². The van der Waals surface area contributed by atoms with Crippen LogP contribution in [0.2, 0.25) is 5.02 Å². The van der Waals surface area contributed by atoms with Crippen LogP contribution in [0.4, 0.5) is 24.7 Å². The van der Waals surface area contributed by atoms with E-state index in [1.807, 2.05) is 0 Å². The molecule has 9 nitrogen and oxygen atoms in total. The summed E-state index contributed by atoms with van der Waals surface area (Å²) in [5, 5.41) is 7.48. The van der Waals surface area contributed by atoms with Gasteiger partial charge < -0.3 is 5.11 Å². The van der Waals surface area contributed by atoms with Gasteiger partial charge in [-0.1, -0.05) is 17.7 Å². The van der Waals surface area contributed by atoms with Crippen molar-refractivity contribution in [3.63, 3.8) is 0 Å². The summed E-state index contributed by atoms with van der Waals surface area (Å²) in [5.74, 6) is -3.57. The van der Waals surface area contributed by atoms with Crippen molar-refractivity contribution in [2.75, 3.05) is 9.62 Å². The van der Waals surface area contributed by atoms with Gasteiger partial charge in [-0.3, -0.25) is 14.3 Å². The molecule has 0 fully saturated rings. The average Bonchev–Trinajstić information content (AvgIpc) is 3.03. The number of fused-ring (bicyclic) bond motifs is 1. The number of rotatable bonds is 4. The third-order valence-electron chi connectivity index (χ3n) is 4.40. The molecule has 35 heavy (non-hydrogen) atoms. The summed E-state index contributed by atoms with van der Waals surface area (Å²) in [6.45, 7) is 0. The molecular formula is C21H13ClF3N3O6S. The first-order valence-electron chi connectivity index (χ1n) is 9.33. The number of amides is 2. The number of hydrogen-bond donors (Lipinski definition) is 2. The van der Waals surface area contributed by atoms with Gasteiger partial charge in [-0.15, -0.1) is 0 Å². The van der Waals surface area contributed by atoms with E-state index in [-0.39, 0.29) is 27.5 Å². The van der Waals surface area contributed by atoms with Crippen molar-refractivity contribution in [1.82, 2.24) is 4.98 Å².